The van der Waals surface area contributed by atoms with Gasteiger partial charge in [-0.05, 0) is 65.7 Å². The third-order valence-corrected chi connectivity index (χ3v) is 5.85. The van der Waals surface area contributed by atoms with Gasteiger partial charge in [0.05, 0.1) is 11.6 Å². The average Bonchev–Trinajstić information content (AvgIpc) is 2.90. The van der Waals surface area contributed by atoms with Crippen molar-refractivity contribution in [2.75, 3.05) is 14.2 Å². The van der Waals surface area contributed by atoms with Crippen LogP contribution in [-0.4, -0.2) is 43.1 Å². The Balaban J connectivity index is 1.53. The first-order valence-corrected chi connectivity index (χ1v) is 9.20. The molecule has 3 rings (SSSR count). The molecule has 2 atom stereocenters. The number of methoxy groups -OCH3 is 1. The minimum absolute atomic E-state index is 0.253. The summed E-state index contributed by atoms with van der Waals surface area (Å²) in [5.74, 6) is 1.07. The van der Waals surface area contributed by atoms with Crippen LogP contribution in [0.3, 0.4) is 0 Å². The van der Waals surface area contributed by atoms with Gasteiger partial charge < -0.3 is 15.0 Å². The molecule has 1 aromatic carbocycles. The van der Waals surface area contributed by atoms with Gasteiger partial charge in [-0.3, -0.25) is 4.79 Å². The second-order valence-corrected chi connectivity index (χ2v) is 7.59. The van der Waals surface area contributed by atoms with Crippen LogP contribution in [0.5, 0.6) is 5.75 Å². The van der Waals surface area contributed by atoms with Crippen LogP contribution < -0.4 is 10.1 Å². The number of fused-ring (bicyclic) bond motifs is 2. The lowest BCUT2D eigenvalue weighted by molar-refractivity contribution is -0.132. The summed E-state index contributed by atoms with van der Waals surface area (Å²) in [7, 11) is 3.63. The number of carbonyl (C=O) groups excluding carboxylic acids is 1. The fourth-order valence-electron chi connectivity index (χ4n) is 3.84. The molecule has 0 aliphatic carbocycles. The highest BCUT2D eigenvalue weighted by Crippen LogP contribution is 2.30. The molecule has 2 heterocycles. The Bertz CT molecular complexity index is 566. The molecule has 0 spiro atoms. The molecule has 4 nitrogen and oxygen atoms in total. The van der Waals surface area contributed by atoms with Crippen molar-refractivity contribution in [2.24, 2.45) is 0 Å². The number of nitrogens with one attached hydrogen (secondary N) is 1. The van der Waals surface area contributed by atoms with Crippen molar-refractivity contribution in [3.8, 4) is 5.75 Å². The minimum atomic E-state index is 0.253. The molecule has 23 heavy (non-hydrogen) atoms. The summed E-state index contributed by atoms with van der Waals surface area (Å²) in [6, 6.07) is 7.65. The van der Waals surface area contributed by atoms with E-state index < -0.39 is 0 Å². The van der Waals surface area contributed by atoms with E-state index in [1.165, 1.54) is 12.8 Å². The number of carbonyl (C=O) groups is 1. The Labute approximate surface area is 146 Å². The number of aryl methyl sites for hydroxylation is 1. The first-order valence-electron chi connectivity index (χ1n) is 8.41. The van der Waals surface area contributed by atoms with Gasteiger partial charge in [0, 0.05) is 31.6 Å². The van der Waals surface area contributed by atoms with Crippen LogP contribution in [0.25, 0.3) is 0 Å². The van der Waals surface area contributed by atoms with Gasteiger partial charge in [0.1, 0.15) is 5.75 Å². The maximum Gasteiger partial charge on any atom is 0.222 e. The molecule has 5 heteroatoms. The lowest BCUT2D eigenvalue weighted by Gasteiger charge is -2.35. The van der Waals surface area contributed by atoms with Gasteiger partial charge >= 0.3 is 0 Å². The number of ether oxygens (including phenoxy) is 1. The number of hydrogen-bond donors (Lipinski definition) is 1. The molecule has 126 valence electrons. The highest BCUT2D eigenvalue weighted by molar-refractivity contribution is 9.10. The molecule has 0 saturated carbocycles. The van der Waals surface area contributed by atoms with E-state index in [0.29, 0.717) is 24.5 Å². The molecule has 1 aromatic rings. The summed E-state index contributed by atoms with van der Waals surface area (Å²) in [5.41, 5.74) is 1.16. The van der Waals surface area contributed by atoms with Crippen molar-refractivity contribution in [2.45, 2.75) is 56.7 Å². The topological polar surface area (TPSA) is 41.6 Å². The van der Waals surface area contributed by atoms with Crippen molar-refractivity contribution in [1.82, 2.24) is 10.2 Å². The molecule has 0 radical (unpaired) electrons. The molecule has 1 N–H and O–H groups in total. The van der Waals surface area contributed by atoms with Crippen molar-refractivity contribution in [3.05, 3.63) is 28.2 Å². The Kier molecular flexibility index (Phi) is 5.27. The fraction of sp³-hybridized carbons (Fsp3) is 0.611. The van der Waals surface area contributed by atoms with Gasteiger partial charge in [-0.25, -0.2) is 0 Å². The van der Waals surface area contributed by atoms with E-state index in [4.69, 9.17) is 4.74 Å². The Morgan fingerprint density at radius 1 is 1.35 bits per heavy atom. The molecule has 2 unspecified atom stereocenters. The highest BCUT2D eigenvalue weighted by Gasteiger charge is 2.36. The molecule has 2 saturated heterocycles. The number of piperidine rings is 1. The Morgan fingerprint density at radius 3 is 2.65 bits per heavy atom. The van der Waals surface area contributed by atoms with Crippen LogP contribution in [0.2, 0.25) is 0 Å². The second kappa shape index (κ2) is 7.22. The number of hydrogen-bond acceptors (Lipinski definition) is 3. The molecular weight excluding hydrogens is 356 g/mol. The normalized spacial score (nSPS) is 26.1. The first kappa shape index (κ1) is 16.8. The fourth-order valence-corrected chi connectivity index (χ4v) is 4.43. The van der Waals surface area contributed by atoms with Gasteiger partial charge in [0.25, 0.3) is 0 Å². The summed E-state index contributed by atoms with van der Waals surface area (Å²) in [6.45, 7) is 0. The van der Waals surface area contributed by atoms with Crippen LogP contribution in [0.15, 0.2) is 22.7 Å². The number of halogens is 1. The molecule has 0 aromatic heterocycles. The van der Waals surface area contributed by atoms with Gasteiger partial charge in [-0.15, -0.1) is 0 Å². The SMILES string of the molecule is COc1ccc(CCC(=O)N(C)C2CC3CCC(C2)N3)cc1Br. The maximum absolute atomic E-state index is 12.5. The van der Waals surface area contributed by atoms with E-state index in [9.17, 15) is 4.79 Å². The summed E-state index contributed by atoms with van der Waals surface area (Å²) >= 11 is 3.50. The third kappa shape index (κ3) is 3.89. The van der Waals surface area contributed by atoms with Crippen molar-refractivity contribution >= 4 is 21.8 Å². The summed E-state index contributed by atoms with van der Waals surface area (Å²) in [5, 5.41) is 3.63. The highest BCUT2D eigenvalue weighted by atomic mass is 79.9. The smallest absolute Gasteiger partial charge is 0.222 e. The van der Waals surface area contributed by atoms with Gasteiger partial charge in [0.2, 0.25) is 5.91 Å². The van der Waals surface area contributed by atoms with E-state index in [0.717, 1.165) is 35.0 Å². The van der Waals surface area contributed by atoms with Crippen LogP contribution in [0.4, 0.5) is 0 Å². The largest absolute Gasteiger partial charge is 0.496 e. The monoisotopic (exact) mass is 380 g/mol. The zero-order valence-electron chi connectivity index (χ0n) is 13.8. The van der Waals surface area contributed by atoms with Crippen molar-refractivity contribution in [1.29, 1.82) is 0 Å². The van der Waals surface area contributed by atoms with Gasteiger partial charge in [-0.2, -0.15) is 0 Å². The molecule has 2 bridgehead atoms. The van der Waals surface area contributed by atoms with E-state index in [1.54, 1.807) is 7.11 Å². The number of amides is 1. The summed E-state index contributed by atoms with van der Waals surface area (Å²) in [6.07, 6.45) is 6.07. The third-order valence-electron chi connectivity index (χ3n) is 5.23. The number of benzene rings is 1. The zero-order valence-corrected chi connectivity index (χ0v) is 15.4. The van der Waals surface area contributed by atoms with Crippen LogP contribution in [0.1, 0.15) is 37.7 Å². The molecule has 2 fully saturated rings. The van der Waals surface area contributed by atoms with E-state index >= 15 is 0 Å². The zero-order chi connectivity index (χ0) is 16.4. The van der Waals surface area contributed by atoms with Crippen molar-refractivity contribution in [3.63, 3.8) is 0 Å². The quantitative estimate of drug-likeness (QED) is 0.852. The maximum atomic E-state index is 12.5. The molecule has 2 aliphatic heterocycles. The summed E-state index contributed by atoms with van der Waals surface area (Å²) < 4.78 is 6.18. The van der Waals surface area contributed by atoms with Gasteiger partial charge in [0.15, 0.2) is 0 Å². The lowest BCUT2D eigenvalue weighted by Crippen LogP contribution is -2.48. The minimum Gasteiger partial charge on any atom is -0.496 e. The molecular formula is C18H25BrN2O2. The first-order chi connectivity index (χ1) is 11.1. The number of nitrogens with zero attached hydrogens (tertiary/aromatic N) is 1. The average molecular weight is 381 g/mol. The lowest BCUT2D eigenvalue weighted by atomic mass is 9.98. The second-order valence-electron chi connectivity index (χ2n) is 6.74. The van der Waals surface area contributed by atoms with Crippen LogP contribution in [-0.2, 0) is 11.2 Å². The Hall–Kier alpha value is -1.07. The predicted molar refractivity (Wildman–Crippen MR) is 94.8 cm³/mol. The predicted octanol–water partition coefficient (Wildman–Crippen LogP) is 3.13. The summed E-state index contributed by atoms with van der Waals surface area (Å²) in [4.78, 5) is 14.5. The van der Waals surface area contributed by atoms with E-state index in [2.05, 4.69) is 21.2 Å². The molecule has 1 amide bonds. The molecule has 2 aliphatic rings. The van der Waals surface area contributed by atoms with Crippen LogP contribution in [0, 0.1) is 0 Å². The van der Waals surface area contributed by atoms with E-state index in [1.807, 2.05) is 30.1 Å². The van der Waals surface area contributed by atoms with E-state index in [-0.39, 0.29) is 5.91 Å². The van der Waals surface area contributed by atoms with Gasteiger partial charge in [-0.1, -0.05) is 6.07 Å². The number of rotatable bonds is 5. The standard InChI is InChI=1S/C18H25BrN2O2/c1-21(15-10-13-5-6-14(11-15)20-13)18(22)8-4-12-3-7-17(23-2)16(19)9-12/h3,7,9,13-15,20H,4-6,8,10-11H2,1-2H3. The van der Waals surface area contributed by atoms with Crippen molar-refractivity contribution < 1.29 is 9.53 Å². The van der Waals surface area contributed by atoms with Crippen LogP contribution >= 0.6 is 15.9 Å². The Morgan fingerprint density at radius 2 is 2.04 bits per heavy atom.